The molecule has 2 aromatic heterocycles. The van der Waals surface area contributed by atoms with Gasteiger partial charge >= 0.3 is 6.03 Å². The Morgan fingerprint density at radius 2 is 1.91 bits per heavy atom. The van der Waals surface area contributed by atoms with E-state index in [4.69, 9.17) is 4.42 Å². The highest BCUT2D eigenvalue weighted by molar-refractivity contribution is 5.89. The molecular weight excluding hydrogens is 290 g/mol. The van der Waals surface area contributed by atoms with Crippen LogP contribution in [0.25, 0.3) is 5.69 Å². The normalized spacial score (nSPS) is 11.9. The van der Waals surface area contributed by atoms with Crippen LogP contribution in [0.15, 0.2) is 65.3 Å². The Morgan fingerprint density at radius 3 is 2.61 bits per heavy atom. The molecule has 0 bridgehead atoms. The van der Waals surface area contributed by atoms with E-state index in [0.717, 1.165) is 22.9 Å². The van der Waals surface area contributed by atoms with E-state index >= 15 is 0 Å². The summed E-state index contributed by atoms with van der Waals surface area (Å²) in [4.78, 5) is 12.1. The molecule has 0 fully saturated rings. The molecule has 118 valence electrons. The molecule has 2 N–H and O–H groups in total. The van der Waals surface area contributed by atoms with Gasteiger partial charge in [0, 0.05) is 23.8 Å². The highest BCUT2D eigenvalue weighted by Crippen LogP contribution is 2.17. The number of anilines is 1. The minimum absolute atomic E-state index is 0.198. The predicted molar refractivity (Wildman–Crippen MR) is 89.8 cm³/mol. The Kier molecular flexibility index (Phi) is 4.19. The zero-order valence-electron chi connectivity index (χ0n) is 13.1. The summed E-state index contributed by atoms with van der Waals surface area (Å²) in [5, 5.41) is 5.71. The van der Waals surface area contributed by atoms with Gasteiger partial charge in [-0.1, -0.05) is 6.07 Å². The summed E-state index contributed by atoms with van der Waals surface area (Å²) in [6.07, 6.45) is 3.92. The molecule has 5 heteroatoms. The molecule has 0 saturated carbocycles. The van der Waals surface area contributed by atoms with E-state index in [9.17, 15) is 4.79 Å². The summed E-state index contributed by atoms with van der Waals surface area (Å²) in [6, 6.07) is 14.9. The summed E-state index contributed by atoms with van der Waals surface area (Å²) in [5.74, 6) is 1.56. The first-order valence-electron chi connectivity index (χ1n) is 7.49. The lowest BCUT2D eigenvalue weighted by atomic mass is 10.2. The van der Waals surface area contributed by atoms with Crippen LogP contribution >= 0.6 is 0 Å². The molecule has 1 atom stereocenters. The van der Waals surface area contributed by atoms with Gasteiger partial charge in [0.2, 0.25) is 0 Å². The van der Waals surface area contributed by atoms with Crippen molar-refractivity contribution < 1.29 is 9.21 Å². The van der Waals surface area contributed by atoms with Gasteiger partial charge < -0.3 is 19.6 Å². The van der Waals surface area contributed by atoms with E-state index in [1.807, 2.05) is 79.3 Å². The van der Waals surface area contributed by atoms with Gasteiger partial charge in [-0.2, -0.15) is 0 Å². The summed E-state index contributed by atoms with van der Waals surface area (Å²) in [5.41, 5.74) is 1.72. The van der Waals surface area contributed by atoms with Gasteiger partial charge in [0.25, 0.3) is 0 Å². The summed E-state index contributed by atoms with van der Waals surface area (Å²) in [7, 11) is 0. The minimum Gasteiger partial charge on any atom is -0.464 e. The van der Waals surface area contributed by atoms with Crippen molar-refractivity contribution in [3.8, 4) is 5.69 Å². The number of hydrogen-bond acceptors (Lipinski definition) is 2. The van der Waals surface area contributed by atoms with Gasteiger partial charge in [0.05, 0.1) is 6.04 Å². The van der Waals surface area contributed by atoms with E-state index < -0.39 is 0 Å². The maximum atomic E-state index is 12.1. The lowest BCUT2D eigenvalue weighted by molar-refractivity contribution is 0.247. The fraction of sp³-hybridized carbons (Fsp3) is 0.167. The Hall–Kier alpha value is -2.95. The number of benzene rings is 1. The number of rotatable bonds is 4. The molecule has 0 spiro atoms. The molecule has 3 rings (SSSR count). The van der Waals surface area contributed by atoms with E-state index in [-0.39, 0.29) is 12.1 Å². The molecule has 5 nitrogen and oxygen atoms in total. The first-order chi connectivity index (χ1) is 11.1. The Morgan fingerprint density at radius 1 is 1.13 bits per heavy atom. The van der Waals surface area contributed by atoms with Crippen molar-refractivity contribution in [2.45, 2.75) is 19.9 Å². The third-order valence-corrected chi connectivity index (χ3v) is 3.54. The van der Waals surface area contributed by atoms with Crippen LogP contribution in [-0.4, -0.2) is 10.6 Å². The van der Waals surface area contributed by atoms with Crippen molar-refractivity contribution >= 4 is 11.7 Å². The van der Waals surface area contributed by atoms with Crippen LogP contribution in [0.4, 0.5) is 10.5 Å². The molecule has 2 amide bonds. The number of carbonyl (C=O) groups is 1. The molecule has 3 aromatic rings. The average molecular weight is 309 g/mol. The molecule has 2 heterocycles. The molecular formula is C18H19N3O2. The van der Waals surface area contributed by atoms with Crippen LogP contribution in [0.5, 0.6) is 0 Å². The van der Waals surface area contributed by atoms with E-state index in [1.54, 1.807) is 0 Å². The fourth-order valence-electron chi connectivity index (χ4n) is 2.37. The van der Waals surface area contributed by atoms with Gasteiger partial charge in [-0.25, -0.2) is 4.79 Å². The predicted octanol–water partition coefficient (Wildman–Crippen LogP) is 4.26. The van der Waals surface area contributed by atoms with E-state index in [2.05, 4.69) is 10.6 Å². The van der Waals surface area contributed by atoms with Crippen LogP contribution < -0.4 is 10.6 Å². The molecule has 0 aliphatic rings. The van der Waals surface area contributed by atoms with Gasteiger partial charge in [-0.3, -0.25) is 0 Å². The van der Waals surface area contributed by atoms with Crippen molar-refractivity contribution in [1.29, 1.82) is 0 Å². The number of hydrogen-bond donors (Lipinski definition) is 2. The third-order valence-electron chi connectivity index (χ3n) is 3.54. The summed E-state index contributed by atoms with van der Waals surface area (Å²) < 4.78 is 7.50. The number of nitrogens with one attached hydrogen (secondary N) is 2. The van der Waals surface area contributed by atoms with E-state index in [1.165, 1.54) is 0 Å². The second kappa shape index (κ2) is 6.44. The number of urea groups is 1. The lowest BCUT2D eigenvalue weighted by Crippen LogP contribution is -2.31. The summed E-state index contributed by atoms with van der Waals surface area (Å²) >= 11 is 0. The number of aromatic nitrogens is 1. The molecule has 0 aliphatic heterocycles. The van der Waals surface area contributed by atoms with Crippen LogP contribution in [0, 0.1) is 6.92 Å². The Labute approximate surface area is 134 Å². The first-order valence-corrected chi connectivity index (χ1v) is 7.49. The number of carbonyl (C=O) groups excluding carboxylic acids is 1. The molecule has 0 saturated heterocycles. The molecule has 23 heavy (non-hydrogen) atoms. The summed E-state index contributed by atoms with van der Waals surface area (Å²) in [6.45, 7) is 3.76. The monoisotopic (exact) mass is 309 g/mol. The largest absolute Gasteiger partial charge is 0.464 e. The Bertz CT molecular complexity index is 790. The average Bonchev–Trinajstić information content (AvgIpc) is 3.18. The van der Waals surface area contributed by atoms with Crippen LogP contribution in [0.3, 0.4) is 0 Å². The lowest BCUT2D eigenvalue weighted by Gasteiger charge is -2.13. The highest BCUT2D eigenvalue weighted by atomic mass is 16.3. The minimum atomic E-state index is -0.267. The van der Waals surface area contributed by atoms with Gasteiger partial charge in [-0.05, 0) is 56.3 Å². The number of aryl methyl sites for hydroxylation is 1. The van der Waals surface area contributed by atoms with Crippen LogP contribution in [-0.2, 0) is 0 Å². The Balaban J connectivity index is 1.65. The van der Waals surface area contributed by atoms with Gasteiger partial charge in [0.15, 0.2) is 0 Å². The second-order valence-corrected chi connectivity index (χ2v) is 5.41. The van der Waals surface area contributed by atoms with Crippen LogP contribution in [0.1, 0.15) is 24.5 Å². The van der Waals surface area contributed by atoms with E-state index in [0.29, 0.717) is 0 Å². The van der Waals surface area contributed by atoms with Crippen molar-refractivity contribution in [2.75, 3.05) is 5.32 Å². The SMILES string of the molecule is Cc1ccc(C(C)NC(=O)Nc2cccc(-n3cccc3)c2)o1. The first kappa shape index (κ1) is 15.0. The molecule has 0 radical (unpaired) electrons. The quantitative estimate of drug-likeness (QED) is 0.756. The van der Waals surface area contributed by atoms with Crippen LogP contribution in [0.2, 0.25) is 0 Å². The fourth-order valence-corrected chi connectivity index (χ4v) is 2.37. The number of nitrogens with zero attached hydrogens (tertiary/aromatic N) is 1. The van der Waals surface area contributed by atoms with Gasteiger partial charge in [-0.15, -0.1) is 0 Å². The number of amides is 2. The maximum Gasteiger partial charge on any atom is 0.319 e. The zero-order chi connectivity index (χ0) is 16.2. The standard InChI is InChI=1S/C18H19N3O2/c1-13-8-9-17(23-13)14(2)19-18(22)20-15-6-5-7-16(12-15)21-10-3-4-11-21/h3-12,14H,1-2H3,(H2,19,20,22). The van der Waals surface area contributed by atoms with Crippen molar-refractivity contribution in [3.05, 3.63) is 72.4 Å². The van der Waals surface area contributed by atoms with Gasteiger partial charge in [0.1, 0.15) is 11.5 Å². The molecule has 1 aromatic carbocycles. The third kappa shape index (κ3) is 3.63. The second-order valence-electron chi connectivity index (χ2n) is 5.41. The van der Waals surface area contributed by atoms with Crippen molar-refractivity contribution in [2.24, 2.45) is 0 Å². The van der Waals surface area contributed by atoms with Crippen molar-refractivity contribution in [1.82, 2.24) is 9.88 Å². The molecule has 0 aliphatic carbocycles. The molecule has 1 unspecified atom stereocenters. The zero-order valence-corrected chi connectivity index (χ0v) is 13.1. The van der Waals surface area contributed by atoms with Crippen molar-refractivity contribution in [3.63, 3.8) is 0 Å². The topological polar surface area (TPSA) is 59.2 Å². The highest BCUT2D eigenvalue weighted by Gasteiger charge is 2.12. The maximum absolute atomic E-state index is 12.1. The number of furan rings is 1. The smallest absolute Gasteiger partial charge is 0.319 e.